The van der Waals surface area contributed by atoms with Crippen LogP contribution in [-0.2, 0) is 9.84 Å². The van der Waals surface area contributed by atoms with Crippen molar-refractivity contribution in [3.8, 4) is 23.0 Å². The van der Waals surface area contributed by atoms with Crippen molar-refractivity contribution >= 4 is 9.84 Å². The molecule has 0 aliphatic heterocycles. The Labute approximate surface area is 92.6 Å². The molecule has 0 radical (unpaired) electrons. The van der Waals surface area contributed by atoms with Crippen LogP contribution in [0.25, 0.3) is 0 Å². The molecular weight excluding hydrogens is 236 g/mol. The van der Waals surface area contributed by atoms with Gasteiger partial charge in [0.2, 0.25) is 11.5 Å². The zero-order valence-corrected chi connectivity index (χ0v) is 9.79. The third-order valence-corrected chi connectivity index (χ3v) is 3.38. The lowest BCUT2D eigenvalue weighted by Gasteiger charge is -2.14. The van der Waals surface area contributed by atoms with Gasteiger partial charge >= 0.3 is 0 Å². The number of hydrogen-bond acceptors (Lipinski definition) is 6. The van der Waals surface area contributed by atoms with Gasteiger partial charge in [-0.3, -0.25) is 0 Å². The summed E-state index contributed by atoms with van der Waals surface area (Å²) in [5.41, 5.74) is -0.127. The number of hydrogen-bond donors (Lipinski definition) is 3. The molecule has 0 saturated heterocycles. The lowest BCUT2D eigenvalue weighted by atomic mass is 10.1. The molecule has 0 aromatic heterocycles. The molecule has 0 aliphatic rings. The van der Waals surface area contributed by atoms with Crippen LogP contribution in [-0.4, -0.2) is 37.1 Å². The minimum absolute atomic E-state index is 0.127. The van der Waals surface area contributed by atoms with E-state index in [1.54, 1.807) is 0 Å². The first-order valence-electron chi connectivity index (χ1n) is 4.23. The van der Waals surface area contributed by atoms with E-state index in [9.17, 15) is 23.7 Å². The number of aromatic hydroxyl groups is 3. The van der Waals surface area contributed by atoms with Crippen LogP contribution in [0.1, 0.15) is 5.56 Å². The fraction of sp³-hybridized carbons (Fsp3) is 0.333. The molecule has 0 atom stereocenters. The first kappa shape index (κ1) is 12.4. The molecule has 0 saturated carbocycles. The monoisotopic (exact) mass is 248 g/mol. The van der Waals surface area contributed by atoms with Crippen LogP contribution in [0.15, 0.2) is 4.90 Å². The molecule has 0 aliphatic carbocycles. The number of sulfone groups is 1. The molecule has 7 heteroatoms. The van der Waals surface area contributed by atoms with Gasteiger partial charge in [-0.05, 0) is 6.92 Å². The predicted molar refractivity (Wildman–Crippen MR) is 55.8 cm³/mol. The van der Waals surface area contributed by atoms with E-state index >= 15 is 0 Å². The molecule has 0 bridgehead atoms. The van der Waals surface area contributed by atoms with Crippen LogP contribution in [0.5, 0.6) is 23.0 Å². The molecule has 16 heavy (non-hydrogen) atoms. The highest BCUT2D eigenvalue weighted by atomic mass is 32.2. The summed E-state index contributed by atoms with van der Waals surface area (Å²) in [7, 11) is -2.60. The van der Waals surface area contributed by atoms with Gasteiger partial charge in [-0.25, -0.2) is 8.42 Å². The average Bonchev–Trinajstić information content (AvgIpc) is 2.13. The molecule has 90 valence electrons. The van der Waals surface area contributed by atoms with Gasteiger partial charge in [0.15, 0.2) is 21.3 Å². The normalized spacial score (nSPS) is 11.4. The second-order valence-corrected chi connectivity index (χ2v) is 5.26. The van der Waals surface area contributed by atoms with Crippen LogP contribution < -0.4 is 4.74 Å². The van der Waals surface area contributed by atoms with Crippen molar-refractivity contribution in [3.63, 3.8) is 0 Å². The molecule has 0 heterocycles. The maximum atomic E-state index is 11.4. The van der Waals surface area contributed by atoms with Crippen LogP contribution >= 0.6 is 0 Å². The van der Waals surface area contributed by atoms with E-state index in [4.69, 9.17) is 0 Å². The Hall–Kier alpha value is -1.63. The first-order chi connectivity index (χ1) is 7.21. The van der Waals surface area contributed by atoms with Gasteiger partial charge in [0.25, 0.3) is 0 Å². The Balaban J connectivity index is 3.84. The third kappa shape index (κ3) is 1.73. The fourth-order valence-corrected chi connectivity index (χ4v) is 2.53. The smallest absolute Gasteiger partial charge is 0.208 e. The van der Waals surface area contributed by atoms with Crippen molar-refractivity contribution < 1.29 is 28.5 Å². The second kappa shape index (κ2) is 3.75. The van der Waals surface area contributed by atoms with E-state index < -0.39 is 37.7 Å². The largest absolute Gasteiger partial charge is 0.504 e. The minimum Gasteiger partial charge on any atom is -0.504 e. The van der Waals surface area contributed by atoms with Gasteiger partial charge in [0, 0.05) is 11.8 Å². The first-order valence-corrected chi connectivity index (χ1v) is 6.12. The lowest BCUT2D eigenvalue weighted by Crippen LogP contribution is -2.02. The maximum Gasteiger partial charge on any atom is 0.208 e. The summed E-state index contributed by atoms with van der Waals surface area (Å²) in [6, 6.07) is 0. The van der Waals surface area contributed by atoms with Crippen molar-refractivity contribution in [2.75, 3.05) is 13.4 Å². The third-order valence-electron chi connectivity index (χ3n) is 2.14. The summed E-state index contributed by atoms with van der Waals surface area (Å²) in [5, 5.41) is 28.5. The number of phenols is 3. The number of methoxy groups -OCH3 is 1. The Morgan fingerprint density at radius 1 is 1.06 bits per heavy atom. The number of phenolic OH excluding ortho intramolecular Hbond substituents is 3. The highest BCUT2D eigenvalue weighted by molar-refractivity contribution is 7.90. The SMILES string of the molecule is COc1c(O)c(O)c(C)c(S(C)(=O)=O)c1O. The van der Waals surface area contributed by atoms with E-state index in [-0.39, 0.29) is 5.56 Å². The van der Waals surface area contributed by atoms with Gasteiger partial charge in [-0.1, -0.05) is 0 Å². The average molecular weight is 248 g/mol. The topological polar surface area (TPSA) is 104 Å². The van der Waals surface area contributed by atoms with Crippen molar-refractivity contribution in [1.82, 2.24) is 0 Å². The van der Waals surface area contributed by atoms with Crippen LogP contribution in [0.4, 0.5) is 0 Å². The molecule has 1 aromatic rings. The second-order valence-electron chi connectivity index (χ2n) is 3.31. The quantitative estimate of drug-likeness (QED) is 0.520. The Bertz CT molecular complexity index is 532. The van der Waals surface area contributed by atoms with Crippen LogP contribution in [0, 0.1) is 6.92 Å². The molecule has 0 fully saturated rings. The van der Waals surface area contributed by atoms with E-state index in [2.05, 4.69) is 4.74 Å². The highest BCUT2D eigenvalue weighted by Gasteiger charge is 2.27. The predicted octanol–water partition coefficient (Wildman–Crippen LogP) is 0.524. The van der Waals surface area contributed by atoms with Crippen LogP contribution in [0.2, 0.25) is 0 Å². The molecule has 1 aromatic carbocycles. The molecule has 0 unspecified atom stereocenters. The molecule has 3 N–H and O–H groups in total. The van der Waals surface area contributed by atoms with E-state index in [0.717, 1.165) is 13.4 Å². The molecular formula is C9H12O6S. The molecule has 6 nitrogen and oxygen atoms in total. The maximum absolute atomic E-state index is 11.4. The van der Waals surface area contributed by atoms with Gasteiger partial charge in [-0.15, -0.1) is 0 Å². The van der Waals surface area contributed by atoms with Crippen molar-refractivity contribution in [1.29, 1.82) is 0 Å². The number of ether oxygens (including phenoxy) is 1. The Morgan fingerprint density at radius 3 is 1.94 bits per heavy atom. The van der Waals surface area contributed by atoms with Gasteiger partial charge < -0.3 is 20.1 Å². The number of benzene rings is 1. The molecule has 0 spiro atoms. The Kier molecular flexibility index (Phi) is 2.91. The van der Waals surface area contributed by atoms with E-state index in [0.29, 0.717) is 0 Å². The summed E-state index contributed by atoms with van der Waals surface area (Å²) >= 11 is 0. The van der Waals surface area contributed by atoms with Crippen molar-refractivity contribution in [2.24, 2.45) is 0 Å². The van der Waals surface area contributed by atoms with Crippen molar-refractivity contribution in [2.45, 2.75) is 11.8 Å². The summed E-state index contributed by atoms with van der Waals surface area (Å²) in [6.45, 7) is 1.27. The lowest BCUT2D eigenvalue weighted by molar-refractivity contribution is 0.322. The number of rotatable bonds is 2. The summed E-state index contributed by atoms with van der Waals surface area (Å²) in [4.78, 5) is -0.459. The van der Waals surface area contributed by atoms with Gasteiger partial charge in [0.05, 0.1) is 7.11 Å². The molecule has 0 amide bonds. The van der Waals surface area contributed by atoms with E-state index in [1.807, 2.05) is 0 Å². The fourth-order valence-electron chi connectivity index (χ4n) is 1.43. The standard InChI is InChI=1S/C9H12O6S/c1-4-5(10)6(11)8(15-2)7(12)9(4)16(3,13)14/h10-12H,1-3H3. The molecule has 1 rings (SSSR count). The highest BCUT2D eigenvalue weighted by Crippen LogP contribution is 2.48. The zero-order chi connectivity index (χ0) is 12.7. The van der Waals surface area contributed by atoms with E-state index in [1.165, 1.54) is 6.92 Å². The van der Waals surface area contributed by atoms with Crippen molar-refractivity contribution in [3.05, 3.63) is 5.56 Å². The Morgan fingerprint density at radius 2 is 1.56 bits per heavy atom. The van der Waals surface area contributed by atoms with Gasteiger partial charge in [0.1, 0.15) is 4.90 Å². The summed E-state index contributed by atoms with van der Waals surface area (Å²) < 4.78 is 27.4. The van der Waals surface area contributed by atoms with Gasteiger partial charge in [-0.2, -0.15) is 0 Å². The minimum atomic E-state index is -3.74. The zero-order valence-electron chi connectivity index (χ0n) is 8.97. The summed E-state index contributed by atoms with van der Waals surface area (Å²) in [6.07, 6.45) is 0.880. The van der Waals surface area contributed by atoms with Crippen LogP contribution in [0.3, 0.4) is 0 Å². The summed E-state index contributed by atoms with van der Waals surface area (Å²) in [5.74, 6) is -2.50.